The van der Waals surface area contributed by atoms with E-state index in [1.165, 1.54) is 5.56 Å². The van der Waals surface area contributed by atoms with Crippen molar-refractivity contribution in [2.45, 2.75) is 19.8 Å². The number of nitrogens with zero attached hydrogens (tertiary/aromatic N) is 7. The van der Waals surface area contributed by atoms with Gasteiger partial charge >= 0.3 is 0 Å². The number of methoxy groups -OCH3 is 1. The van der Waals surface area contributed by atoms with E-state index in [9.17, 15) is 4.79 Å². The highest BCUT2D eigenvalue weighted by Gasteiger charge is 2.24. The molecule has 2 aromatic carbocycles. The van der Waals surface area contributed by atoms with Crippen LogP contribution in [0.25, 0.3) is 16.9 Å². The molecule has 0 bridgehead atoms. The van der Waals surface area contributed by atoms with E-state index in [0.29, 0.717) is 43.8 Å². The van der Waals surface area contributed by atoms with Gasteiger partial charge in [0.25, 0.3) is 0 Å². The summed E-state index contributed by atoms with van der Waals surface area (Å²) in [6, 6.07) is 15.9. The molecular formula is C25H27N7O2. The molecule has 34 heavy (non-hydrogen) atoms. The maximum Gasteiger partial charge on any atom is 0.223 e. The first-order chi connectivity index (χ1) is 16.6. The maximum absolute atomic E-state index is 12.8. The molecule has 0 saturated carbocycles. The van der Waals surface area contributed by atoms with Gasteiger partial charge in [0.05, 0.1) is 12.8 Å². The number of anilines is 1. The molecule has 0 N–H and O–H groups in total. The van der Waals surface area contributed by atoms with E-state index in [1.54, 1.807) is 18.1 Å². The van der Waals surface area contributed by atoms with Gasteiger partial charge in [-0.3, -0.25) is 4.79 Å². The molecule has 2 aromatic heterocycles. The number of ether oxygens (including phenoxy) is 1. The van der Waals surface area contributed by atoms with E-state index in [2.05, 4.69) is 25.2 Å². The minimum Gasteiger partial charge on any atom is -0.497 e. The van der Waals surface area contributed by atoms with Crippen LogP contribution in [0.3, 0.4) is 0 Å². The van der Waals surface area contributed by atoms with Crippen molar-refractivity contribution in [3.8, 4) is 11.4 Å². The van der Waals surface area contributed by atoms with E-state index < -0.39 is 0 Å². The highest BCUT2D eigenvalue weighted by atomic mass is 16.5. The van der Waals surface area contributed by atoms with Gasteiger partial charge in [-0.25, -0.2) is 9.97 Å². The van der Waals surface area contributed by atoms with Crippen molar-refractivity contribution in [2.24, 2.45) is 0 Å². The van der Waals surface area contributed by atoms with Gasteiger partial charge < -0.3 is 14.5 Å². The third-order valence-corrected chi connectivity index (χ3v) is 6.22. The summed E-state index contributed by atoms with van der Waals surface area (Å²) in [6.45, 7) is 4.74. The molecule has 1 aliphatic heterocycles. The Labute approximate surface area is 198 Å². The molecule has 174 valence electrons. The van der Waals surface area contributed by atoms with Gasteiger partial charge in [0.1, 0.15) is 12.1 Å². The van der Waals surface area contributed by atoms with Gasteiger partial charge in [0.2, 0.25) is 5.91 Å². The van der Waals surface area contributed by atoms with Crippen LogP contribution in [0.1, 0.15) is 17.5 Å². The highest BCUT2D eigenvalue weighted by Crippen LogP contribution is 2.24. The van der Waals surface area contributed by atoms with Crippen molar-refractivity contribution in [3.05, 3.63) is 66.0 Å². The monoisotopic (exact) mass is 457 g/mol. The molecule has 0 aliphatic carbocycles. The first-order valence-corrected chi connectivity index (χ1v) is 11.4. The number of benzene rings is 2. The molecular weight excluding hydrogens is 430 g/mol. The van der Waals surface area contributed by atoms with Crippen molar-refractivity contribution in [2.75, 3.05) is 38.2 Å². The van der Waals surface area contributed by atoms with Crippen molar-refractivity contribution >= 4 is 22.9 Å². The third kappa shape index (κ3) is 4.41. The minimum absolute atomic E-state index is 0.175. The van der Waals surface area contributed by atoms with Gasteiger partial charge in [-0.1, -0.05) is 35.0 Å². The number of amides is 1. The van der Waals surface area contributed by atoms with Crippen LogP contribution in [0.4, 0.5) is 5.82 Å². The number of aryl methyl sites for hydroxylation is 2. The van der Waals surface area contributed by atoms with Gasteiger partial charge in [-0.2, -0.15) is 4.68 Å². The lowest BCUT2D eigenvalue weighted by molar-refractivity contribution is -0.131. The van der Waals surface area contributed by atoms with E-state index in [1.807, 2.05) is 60.4 Å². The van der Waals surface area contributed by atoms with Crippen molar-refractivity contribution in [1.29, 1.82) is 0 Å². The molecule has 5 rings (SSSR count). The molecule has 3 heterocycles. The van der Waals surface area contributed by atoms with Gasteiger partial charge in [0.15, 0.2) is 17.0 Å². The SMILES string of the molecule is COc1ccc(CCC(=O)N2CCN(c3ncnc4c3nnn4-c3ccc(C)cc3)CC2)cc1. The average Bonchev–Trinajstić information content (AvgIpc) is 3.32. The highest BCUT2D eigenvalue weighted by molar-refractivity contribution is 5.84. The average molecular weight is 458 g/mol. The summed E-state index contributed by atoms with van der Waals surface area (Å²) >= 11 is 0. The number of hydrogen-bond donors (Lipinski definition) is 0. The Morgan fingerprint density at radius 2 is 1.71 bits per heavy atom. The Morgan fingerprint density at radius 3 is 2.41 bits per heavy atom. The molecule has 1 aliphatic rings. The quantitative estimate of drug-likeness (QED) is 0.440. The van der Waals surface area contributed by atoms with Crippen LogP contribution < -0.4 is 9.64 Å². The Hall–Kier alpha value is -4.01. The predicted molar refractivity (Wildman–Crippen MR) is 129 cm³/mol. The number of fused-ring (bicyclic) bond motifs is 1. The normalized spacial score (nSPS) is 13.9. The van der Waals surface area contributed by atoms with Crippen LogP contribution in [0.15, 0.2) is 54.9 Å². The molecule has 0 atom stereocenters. The number of rotatable bonds is 6. The van der Waals surface area contributed by atoms with Crippen molar-refractivity contribution in [3.63, 3.8) is 0 Å². The van der Waals surface area contributed by atoms with Crippen molar-refractivity contribution < 1.29 is 9.53 Å². The zero-order valence-electron chi connectivity index (χ0n) is 19.4. The van der Waals surface area contributed by atoms with Crippen LogP contribution in [0.2, 0.25) is 0 Å². The van der Waals surface area contributed by atoms with Gasteiger partial charge in [-0.05, 0) is 43.2 Å². The molecule has 9 nitrogen and oxygen atoms in total. The molecule has 0 radical (unpaired) electrons. The lowest BCUT2D eigenvalue weighted by Gasteiger charge is -2.35. The molecule has 4 aromatic rings. The second-order valence-corrected chi connectivity index (χ2v) is 8.42. The number of carbonyl (C=O) groups is 1. The maximum atomic E-state index is 12.8. The zero-order chi connectivity index (χ0) is 23.5. The molecule has 0 unspecified atom stereocenters. The number of piperazine rings is 1. The van der Waals surface area contributed by atoms with Crippen LogP contribution >= 0.6 is 0 Å². The molecule has 9 heteroatoms. The Balaban J connectivity index is 1.23. The zero-order valence-corrected chi connectivity index (χ0v) is 19.4. The van der Waals surface area contributed by atoms with E-state index in [0.717, 1.165) is 29.2 Å². The fourth-order valence-electron chi connectivity index (χ4n) is 4.20. The van der Waals surface area contributed by atoms with Crippen LogP contribution in [0.5, 0.6) is 5.75 Å². The number of carbonyl (C=O) groups excluding carboxylic acids is 1. The largest absolute Gasteiger partial charge is 0.497 e. The van der Waals surface area contributed by atoms with Crippen LogP contribution in [-0.2, 0) is 11.2 Å². The Bertz CT molecular complexity index is 1280. The van der Waals surface area contributed by atoms with Gasteiger partial charge in [0, 0.05) is 32.6 Å². The van der Waals surface area contributed by atoms with Gasteiger partial charge in [-0.15, -0.1) is 5.10 Å². The second kappa shape index (κ2) is 9.46. The summed E-state index contributed by atoms with van der Waals surface area (Å²) < 4.78 is 6.93. The Kier molecular flexibility index (Phi) is 6.07. The topological polar surface area (TPSA) is 89.3 Å². The molecule has 1 saturated heterocycles. The number of aromatic nitrogens is 5. The summed E-state index contributed by atoms with van der Waals surface area (Å²) in [6.07, 6.45) is 2.77. The Morgan fingerprint density at radius 1 is 0.971 bits per heavy atom. The minimum atomic E-state index is 0.175. The van der Waals surface area contributed by atoms with E-state index in [-0.39, 0.29) is 5.91 Å². The molecule has 0 spiro atoms. The first-order valence-electron chi connectivity index (χ1n) is 11.4. The van der Waals surface area contributed by atoms with E-state index >= 15 is 0 Å². The van der Waals surface area contributed by atoms with E-state index in [4.69, 9.17) is 4.74 Å². The summed E-state index contributed by atoms with van der Waals surface area (Å²) in [5.74, 6) is 1.76. The summed E-state index contributed by atoms with van der Waals surface area (Å²) in [5.41, 5.74) is 4.56. The number of hydrogen-bond acceptors (Lipinski definition) is 7. The third-order valence-electron chi connectivity index (χ3n) is 6.22. The smallest absolute Gasteiger partial charge is 0.223 e. The standard InChI is InChI=1S/C25H27N7O2/c1-18-3-8-20(9-4-18)32-25-23(28-29-32)24(26-17-27-25)31-15-13-30(14-16-31)22(33)12-7-19-5-10-21(34-2)11-6-19/h3-6,8-11,17H,7,12-16H2,1-2H3. The fourth-order valence-corrected chi connectivity index (χ4v) is 4.20. The van der Waals surface area contributed by atoms with Crippen molar-refractivity contribution in [1.82, 2.24) is 29.9 Å². The lowest BCUT2D eigenvalue weighted by atomic mass is 10.1. The predicted octanol–water partition coefficient (Wildman–Crippen LogP) is 2.81. The lowest BCUT2D eigenvalue weighted by Crippen LogP contribution is -2.49. The first kappa shape index (κ1) is 21.8. The summed E-state index contributed by atoms with van der Waals surface area (Å²) in [5, 5.41) is 8.70. The van der Waals surface area contributed by atoms with Crippen LogP contribution in [-0.4, -0.2) is 69.1 Å². The summed E-state index contributed by atoms with van der Waals surface area (Å²) in [4.78, 5) is 25.8. The summed E-state index contributed by atoms with van der Waals surface area (Å²) in [7, 11) is 1.65. The molecule has 1 amide bonds. The second-order valence-electron chi connectivity index (χ2n) is 8.42. The fraction of sp³-hybridized carbons (Fsp3) is 0.320. The molecule has 1 fully saturated rings. The van der Waals surface area contributed by atoms with Crippen LogP contribution in [0, 0.1) is 6.92 Å².